The van der Waals surface area contributed by atoms with Crippen molar-refractivity contribution in [3.05, 3.63) is 29.3 Å². The molecule has 0 heterocycles. The van der Waals surface area contributed by atoms with Crippen molar-refractivity contribution in [1.82, 2.24) is 10.9 Å². The maximum absolute atomic E-state index is 11.7. The van der Waals surface area contributed by atoms with E-state index in [2.05, 4.69) is 10.9 Å². The fourth-order valence-corrected chi connectivity index (χ4v) is 1.49. The third-order valence-electron chi connectivity index (χ3n) is 2.31. The molecule has 1 atom stereocenters. The lowest BCUT2D eigenvalue weighted by Crippen LogP contribution is -2.47. The van der Waals surface area contributed by atoms with E-state index in [1.54, 1.807) is 31.2 Å². The fourth-order valence-electron chi connectivity index (χ4n) is 1.31. The Labute approximate surface area is 117 Å². The molecule has 0 radical (unpaired) electrons. The molecule has 6 heteroatoms. The van der Waals surface area contributed by atoms with E-state index in [1.165, 1.54) is 0 Å². The smallest absolute Gasteiger partial charge is 0.279 e. The maximum atomic E-state index is 11.7. The first-order valence-corrected chi connectivity index (χ1v) is 6.42. The van der Waals surface area contributed by atoms with Crippen LogP contribution in [0.5, 0.6) is 5.75 Å². The van der Waals surface area contributed by atoms with E-state index in [-0.39, 0.29) is 5.91 Å². The minimum atomic E-state index is -0.762. The summed E-state index contributed by atoms with van der Waals surface area (Å²) in [6, 6.07) is 6.87. The lowest BCUT2D eigenvalue weighted by atomic mass is 10.3. The number of carbonyl (C=O) groups is 2. The first-order valence-electron chi connectivity index (χ1n) is 6.04. The van der Waals surface area contributed by atoms with Gasteiger partial charge in [-0.15, -0.1) is 0 Å². The average molecular weight is 285 g/mol. The molecule has 0 spiro atoms. The maximum Gasteiger partial charge on any atom is 0.279 e. The number of hydrogen-bond acceptors (Lipinski definition) is 3. The molecule has 1 aromatic carbocycles. The molecule has 1 aromatic rings. The number of amides is 2. The van der Waals surface area contributed by atoms with Crippen LogP contribution in [-0.4, -0.2) is 17.9 Å². The second-order valence-electron chi connectivity index (χ2n) is 3.98. The molecule has 104 valence electrons. The second-order valence-corrected chi connectivity index (χ2v) is 4.39. The number of para-hydroxylation sites is 1. The van der Waals surface area contributed by atoms with Gasteiger partial charge in [0.2, 0.25) is 5.91 Å². The summed E-state index contributed by atoms with van der Waals surface area (Å²) in [5, 5.41) is 0.428. The van der Waals surface area contributed by atoms with Crippen LogP contribution in [0, 0.1) is 0 Å². The Hall–Kier alpha value is -1.75. The van der Waals surface area contributed by atoms with Crippen LogP contribution in [0.1, 0.15) is 26.7 Å². The van der Waals surface area contributed by atoms with Crippen LogP contribution in [0.15, 0.2) is 24.3 Å². The van der Waals surface area contributed by atoms with Gasteiger partial charge in [-0.25, -0.2) is 0 Å². The predicted molar refractivity (Wildman–Crippen MR) is 72.7 cm³/mol. The van der Waals surface area contributed by atoms with E-state index < -0.39 is 12.0 Å². The first-order chi connectivity index (χ1) is 9.04. The minimum Gasteiger partial charge on any atom is -0.479 e. The van der Waals surface area contributed by atoms with Gasteiger partial charge in [0, 0.05) is 6.42 Å². The number of hydrazine groups is 1. The summed E-state index contributed by atoms with van der Waals surface area (Å²) in [6.07, 6.45) is 0.315. The lowest BCUT2D eigenvalue weighted by Gasteiger charge is -2.15. The van der Waals surface area contributed by atoms with Crippen molar-refractivity contribution in [3.63, 3.8) is 0 Å². The van der Waals surface area contributed by atoms with Crippen LogP contribution in [0.25, 0.3) is 0 Å². The predicted octanol–water partition coefficient (Wildman–Crippen LogP) is 2.05. The van der Waals surface area contributed by atoms with Gasteiger partial charge in [0.25, 0.3) is 5.91 Å². The molecular weight excluding hydrogens is 268 g/mol. The van der Waals surface area contributed by atoms with Crippen molar-refractivity contribution in [2.24, 2.45) is 0 Å². The zero-order chi connectivity index (χ0) is 14.3. The normalized spacial score (nSPS) is 11.5. The average Bonchev–Trinajstić information content (AvgIpc) is 2.39. The monoisotopic (exact) mass is 284 g/mol. The van der Waals surface area contributed by atoms with Crippen LogP contribution in [0.3, 0.4) is 0 Å². The molecule has 0 fully saturated rings. The van der Waals surface area contributed by atoms with E-state index in [9.17, 15) is 9.59 Å². The highest BCUT2D eigenvalue weighted by molar-refractivity contribution is 6.32. The number of nitrogens with one attached hydrogen (secondary N) is 2. The van der Waals surface area contributed by atoms with Gasteiger partial charge in [-0.05, 0) is 25.5 Å². The van der Waals surface area contributed by atoms with E-state index in [0.29, 0.717) is 23.6 Å². The van der Waals surface area contributed by atoms with Crippen molar-refractivity contribution in [2.45, 2.75) is 32.8 Å². The minimum absolute atomic E-state index is 0.235. The molecule has 0 aliphatic carbocycles. The molecule has 2 amide bonds. The summed E-state index contributed by atoms with van der Waals surface area (Å²) < 4.78 is 5.40. The van der Waals surface area contributed by atoms with E-state index in [1.807, 2.05) is 6.92 Å². The standard InChI is InChI=1S/C13H17ClN2O3/c1-3-6-12(17)15-16-13(18)9(2)19-11-8-5-4-7-10(11)14/h4-5,7-9H,3,6H2,1-2H3,(H,15,17)(H,16,18). The lowest BCUT2D eigenvalue weighted by molar-refractivity contribution is -0.132. The number of benzene rings is 1. The molecule has 0 saturated carbocycles. The zero-order valence-corrected chi connectivity index (χ0v) is 11.7. The third-order valence-corrected chi connectivity index (χ3v) is 2.62. The van der Waals surface area contributed by atoms with Crippen molar-refractivity contribution in [2.75, 3.05) is 0 Å². The van der Waals surface area contributed by atoms with Gasteiger partial charge < -0.3 is 4.74 Å². The molecule has 1 unspecified atom stereocenters. The van der Waals surface area contributed by atoms with Crippen LogP contribution in [-0.2, 0) is 9.59 Å². The summed E-state index contributed by atoms with van der Waals surface area (Å²) in [7, 11) is 0. The SMILES string of the molecule is CCCC(=O)NNC(=O)C(C)Oc1ccccc1Cl. The molecule has 0 aliphatic heterocycles. The molecular formula is C13H17ClN2O3. The third kappa shape index (κ3) is 5.18. The summed E-state index contributed by atoms with van der Waals surface area (Å²) in [6.45, 7) is 3.45. The van der Waals surface area contributed by atoms with E-state index >= 15 is 0 Å². The Morgan fingerprint density at radius 1 is 1.32 bits per heavy atom. The Morgan fingerprint density at radius 3 is 2.63 bits per heavy atom. The largest absolute Gasteiger partial charge is 0.479 e. The van der Waals surface area contributed by atoms with Gasteiger partial charge >= 0.3 is 0 Å². The second kappa shape index (κ2) is 7.63. The van der Waals surface area contributed by atoms with Crippen LogP contribution in [0.2, 0.25) is 5.02 Å². The van der Waals surface area contributed by atoms with Crippen molar-refractivity contribution in [1.29, 1.82) is 0 Å². The van der Waals surface area contributed by atoms with E-state index in [4.69, 9.17) is 16.3 Å². The molecule has 0 aliphatic rings. The molecule has 5 nitrogen and oxygen atoms in total. The van der Waals surface area contributed by atoms with Crippen molar-refractivity contribution >= 4 is 23.4 Å². The highest BCUT2D eigenvalue weighted by atomic mass is 35.5. The highest BCUT2D eigenvalue weighted by Crippen LogP contribution is 2.24. The van der Waals surface area contributed by atoms with Gasteiger partial charge in [-0.1, -0.05) is 30.7 Å². The molecule has 19 heavy (non-hydrogen) atoms. The molecule has 0 aromatic heterocycles. The highest BCUT2D eigenvalue weighted by Gasteiger charge is 2.16. The molecule has 1 rings (SSSR count). The van der Waals surface area contributed by atoms with Crippen molar-refractivity contribution in [3.8, 4) is 5.75 Å². The molecule has 0 saturated heterocycles. The number of halogens is 1. The number of carbonyl (C=O) groups excluding carboxylic acids is 2. The van der Waals surface area contributed by atoms with Crippen molar-refractivity contribution < 1.29 is 14.3 Å². The quantitative estimate of drug-likeness (QED) is 0.813. The Morgan fingerprint density at radius 2 is 2.00 bits per heavy atom. The van der Waals surface area contributed by atoms with Gasteiger partial charge in [-0.3, -0.25) is 20.4 Å². The number of ether oxygens (including phenoxy) is 1. The van der Waals surface area contributed by atoms with E-state index in [0.717, 1.165) is 0 Å². The molecule has 0 bridgehead atoms. The number of rotatable bonds is 5. The Bertz CT molecular complexity index is 451. The zero-order valence-electron chi connectivity index (χ0n) is 10.9. The van der Waals surface area contributed by atoms with Gasteiger partial charge in [-0.2, -0.15) is 0 Å². The first kappa shape index (κ1) is 15.3. The van der Waals surface area contributed by atoms with Gasteiger partial charge in [0.05, 0.1) is 5.02 Å². The molecule has 2 N–H and O–H groups in total. The summed E-state index contributed by atoms with van der Waals surface area (Å²) in [5.41, 5.74) is 4.61. The summed E-state index contributed by atoms with van der Waals surface area (Å²) >= 11 is 5.92. The summed E-state index contributed by atoms with van der Waals surface area (Å²) in [5.74, 6) is -0.253. The van der Waals surface area contributed by atoms with Gasteiger partial charge in [0.1, 0.15) is 5.75 Å². The fraction of sp³-hybridized carbons (Fsp3) is 0.385. The number of hydrogen-bond donors (Lipinski definition) is 2. The Balaban J connectivity index is 2.45. The van der Waals surface area contributed by atoms with Gasteiger partial charge in [0.15, 0.2) is 6.10 Å². The van der Waals surface area contributed by atoms with Crippen LogP contribution < -0.4 is 15.6 Å². The van der Waals surface area contributed by atoms with Crippen LogP contribution >= 0.6 is 11.6 Å². The topological polar surface area (TPSA) is 67.4 Å². The van der Waals surface area contributed by atoms with Crippen LogP contribution in [0.4, 0.5) is 0 Å². The Kier molecular flexibility index (Phi) is 6.15. The summed E-state index contributed by atoms with van der Waals surface area (Å²) in [4.78, 5) is 22.9.